The van der Waals surface area contributed by atoms with Crippen LogP contribution in [-0.2, 0) is 4.74 Å². The fraction of sp³-hybridized carbons (Fsp3) is 0.833. The molecule has 0 amide bonds. The molecule has 0 unspecified atom stereocenters. The summed E-state index contributed by atoms with van der Waals surface area (Å²) in [6, 6.07) is 0. The van der Waals surface area contributed by atoms with E-state index in [1.807, 2.05) is 11.9 Å². The Balaban J connectivity index is 3.15. The van der Waals surface area contributed by atoms with Gasteiger partial charge in [0.15, 0.2) is 0 Å². The van der Waals surface area contributed by atoms with Crippen molar-refractivity contribution in [2.75, 3.05) is 34.4 Å². The minimum absolute atomic E-state index is 0.752. The summed E-state index contributed by atoms with van der Waals surface area (Å²) in [7, 11) is 5.41. The van der Waals surface area contributed by atoms with Gasteiger partial charge in [0.05, 0.1) is 12.9 Å². The van der Waals surface area contributed by atoms with Gasteiger partial charge in [-0.1, -0.05) is 0 Å². The topological polar surface area (TPSA) is 24.8 Å². The Kier molecular flexibility index (Phi) is 5.21. The largest absolute Gasteiger partial charge is 0.383 e. The third kappa shape index (κ3) is 5.30. The molecule has 0 fully saturated rings. The fourth-order valence-electron chi connectivity index (χ4n) is 0.490. The lowest BCUT2D eigenvalue weighted by Crippen LogP contribution is -2.20. The summed E-state index contributed by atoms with van der Waals surface area (Å²) >= 11 is 0. The Labute approximate surface area is 56.3 Å². The van der Waals surface area contributed by atoms with Crippen molar-refractivity contribution < 1.29 is 4.74 Å². The average molecular weight is 130 g/mol. The molecule has 0 saturated heterocycles. The monoisotopic (exact) mass is 130 g/mol. The van der Waals surface area contributed by atoms with E-state index in [2.05, 4.69) is 4.99 Å². The lowest BCUT2D eigenvalue weighted by Gasteiger charge is -2.10. The molecule has 3 heteroatoms. The predicted molar refractivity (Wildman–Crippen MR) is 38.9 cm³/mol. The lowest BCUT2D eigenvalue weighted by atomic mass is 10.6. The molecule has 3 nitrogen and oxygen atoms in total. The van der Waals surface area contributed by atoms with Crippen LogP contribution in [0, 0.1) is 0 Å². The molecule has 0 saturated carbocycles. The fourth-order valence-corrected chi connectivity index (χ4v) is 0.490. The van der Waals surface area contributed by atoms with Crippen molar-refractivity contribution in [2.45, 2.75) is 0 Å². The summed E-state index contributed by atoms with van der Waals surface area (Å²) in [5.41, 5.74) is 0. The minimum atomic E-state index is 0.752. The van der Waals surface area contributed by atoms with Gasteiger partial charge in [0.1, 0.15) is 0 Å². The van der Waals surface area contributed by atoms with E-state index in [1.54, 1.807) is 20.5 Å². The van der Waals surface area contributed by atoms with E-state index in [0.717, 1.165) is 13.2 Å². The van der Waals surface area contributed by atoms with Crippen LogP contribution in [0.4, 0.5) is 0 Å². The van der Waals surface area contributed by atoms with Crippen LogP contribution in [0.25, 0.3) is 0 Å². The molecule has 0 aliphatic rings. The van der Waals surface area contributed by atoms with E-state index >= 15 is 0 Å². The van der Waals surface area contributed by atoms with Gasteiger partial charge in [-0.25, -0.2) is 0 Å². The van der Waals surface area contributed by atoms with Crippen LogP contribution in [0.15, 0.2) is 4.99 Å². The number of ether oxygens (including phenoxy) is 1. The lowest BCUT2D eigenvalue weighted by molar-refractivity contribution is 0.184. The zero-order valence-corrected chi connectivity index (χ0v) is 6.29. The molecule has 0 rings (SSSR count). The van der Waals surface area contributed by atoms with Gasteiger partial charge >= 0.3 is 0 Å². The van der Waals surface area contributed by atoms with Crippen molar-refractivity contribution in [1.29, 1.82) is 0 Å². The first-order valence-corrected chi connectivity index (χ1v) is 2.92. The molecule has 0 heterocycles. The van der Waals surface area contributed by atoms with Crippen LogP contribution >= 0.6 is 0 Å². The molecule has 0 aliphatic carbocycles. The number of aliphatic imine (C=N–C) groups is 1. The molecular formula is C6H14N2O. The number of rotatable bonds is 4. The Morgan fingerprint density at radius 1 is 1.67 bits per heavy atom. The molecule has 0 aromatic heterocycles. The zero-order chi connectivity index (χ0) is 7.11. The molecule has 0 aromatic carbocycles. The van der Waals surface area contributed by atoms with Gasteiger partial charge in [0, 0.05) is 27.7 Å². The highest BCUT2D eigenvalue weighted by Gasteiger charge is 1.87. The maximum atomic E-state index is 4.86. The molecule has 9 heavy (non-hydrogen) atoms. The van der Waals surface area contributed by atoms with E-state index < -0.39 is 0 Å². The Morgan fingerprint density at radius 3 is 2.78 bits per heavy atom. The summed E-state index contributed by atoms with van der Waals surface area (Å²) in [6.45, 7) is 1.65. The van der Waals surface area contributed by atoms with Gasteiger partial charge in [0.2, 0.25) is 0 Å². The maximum Gasteiger partial charge on any atom is 0.0844 e. The van der Waals surface area contributed by atoms with Crippen LogP contribution in [-0.4, -0.2) is 45.6 Å². The maximum absolute atomic E-state index is 4.86. The number of likely N-dealkylation sites (N-methyl/N-ethyl adjacent to an activating group) is 1. The standard InChI is InChI=1S/C6H14N2O/c1-7-6-8(2)4-5-9-3/h6H,4-5H2,1-3H3. The van der Waals surface area contributed by atoms with Crippen LogP contribution in [0.2, 0.25) is 0 Å². The molecule has 0 aliphatic heterocycles. The highest BCUT2D eigenvalue weighted by molar-refractivity contribution is 5.53. The second-order valence-electron chi connectivity index (χ2n) is 1.85. The molecule has 54 valence electrons. The van der Waals surface area contributed by atoms with Gasteiger partial charge < -0.3 is 9.64 Å². The van der Waals surface area contributed by atoms with Gasteiger partial charge in [-0.15, -0.1) is 0 Å². The molecular weight excluding hydrogens is 116 g/mol. The van der Waals surface area contributed by atoms with E-state index in [9.17, 15) is 0 Å². The number of hydrogen-bond donors (Lipinski definition) is 0. The molecule has 0 spiro atoms. The van der Waals surface area contributed by atoms with Crippen molar-refractivity contribution >= 4 is 6.34 Å². The first-order valence-electron chi connectivity index (χ1n) is 2.92. The molecule has 0 bridgehead atoms. The molecule has 0 aromatic rings. The Hall–Kier alpha value is -0.570. The third-order valence-corrected chi connectivity index (χ3v) is 0.961. The third-order valence-electron chi connectivity index (χ3n) is 0.961. The quantitative estimate of drug-likeness (QED) is 0.402. The van der Waals surface area contributed by atoms with E-state index in [1.165, 1.54) is 0 Å². The van der Waals surface area contributed by atoms with Crippen LogP contribution in [0.3, 0.4) is 0 Å². The van der Waals surface area contributed by atoms with E-state index in [4.69, 9.17) is 4.74 Å². The van der Waals surface area contributed by atoms with Crippen LogP contribution in [0.5, 0.6) is 0 Å². The van der Waals surface area contributed by atoms with Crippen molar-refractivity contribution in [3.63, 3.8) is 0 Å². The summed E-state index contributed by atoms with van der Waals surface area (Å²) in [5, 5.41) is 0. The predicted octanol–water partition coefficient (Wildman–Crippen LogP) is 0.223. The van der Waals surface area contributed by atoms with Gasteiger partial charge in [-0.3, -0.25) is 4.99 Å². The van der Waals surface area contributed by atoms with Crippen molar-refractivity contribution in [2.24, 2.45) is 4.99 Å². The van der Waals surface area contributed by atoms with Crippen LogP contribution in [0.1, 0.15) is 0 Å². The highest BCUT2D eigenvalue weighted by atomic mass is 16.5. The van der Waals surface area contributed by atoms with Gasteiger partial charge in [-0.05, 0) is 0 Å². The average Bonchev–Trinajstić information content (AvgIpc) is 1.85. The Bertz CT molecular complexity index is 83.1. The molecule has 0 atom stereocenters. The number of methoxy groups -OCH3 is 1. The summed E-state index contributed by atoms with van der Waals surface area (Å²) < 4.78 is 4.86. The summed E-state index contributed by atoms with van der Waals surface area (Å²) in [6.07, 6.45) is 1.78. The van der Waals surface area contributed by atoms with Crippen LogP contribution < -0.4 is 0 Å². The normalized spacial score (nSPS) is 10.6. The second kappa shape index (κ2) is 5.56. The number of hydrogen-bond acceptors (Lipinski definition) is 2. The molecule has 0 N–H and O–H groups in total. The smallest absolute Gasteiger partial charge is 0.0844 e. The first kappa shape index (κ1) is 8.43. The SMILES string of the molecule is CN=CN(C)CCOC. The van der Waals surface area contributed by atoms with E-state index in [0.29, 0.717) is 0 Å². The first-order chi connectivity index (χ1) is 4.31. The van der Waals surface area contributed by atoms with Crippen molar-refractivity contribution in [1.82, 2.24) is 4.90 Å². The van der Waals surface area contributed by atoms with E-state index in [-0.39, 0.29) is 0 Å². The summed E-state index contributed by atoms with van der Waals surface area (Å²) in [5.74, 6) is 0. The number of nitrogens with zero attached hydrogens (tertiary/aromatic N) is 2. The molecule has 0 radical (unpaired) electrons. The minimum Gasteiger partial charge on any atom is -0.383 e. The summed E-state index contributed by atoms with van der Waals surface area (Å²) in [4.78, 5) is 5.81. The highest BCUT2D eigenvalue weighted by Crippen LogP contribution is 1.75. The van der Waals surface area contributed by atoms with Gasteiger partial charge in [0.25, 0.3) is 0 Å². The Morgan fingerprint density at radius 2 is 2.33 bits per heavy atom. The van der Waals surface area contributed by atoms with Crippen molar-refractivity contribution in [3.05, 3.63) is 0 Å². The van der Waals surface area contributed by atoms with Gasteiger partial charge in [-0.2, -0.15) is 0 Å². The van der Waals surface area contributed by atoms with Crippen molar-refractivity contribution in [3.8, 4) is 0 Å². The zero-order valence-electron chi connectivity index (χ0n) is 6.29. The second-order valence-corrected chi connectivity index (χ2v) is 1.85.